The maximum Gasteiger partial charge on any atom is 0.231 e. The van der Waals surface area contributed by atoms with E-state index in [1.807, 2.05) is 16.7 Å². The van der Waals surface area contributed by atoms with E-state index in [9.17, 15) is 4.39 Å². The van der Waals surface area contributed by atoms with Crippen LogP contribution >= 0.6 is 22.6 Å². The number of nitrogens with one attached hydrogen (secondary N) is 1. The molecule has 0 aliphatic carbocycles. The molecule has 9 heteroatoms. The van der Waals surface area contributed by atoms with E-state index in [4.69, 9.17) is 20.2 Å². The minimum absolute atomic E-state index is 0.112. The number of nitrogens with zero attached hydrogens (tertiary/aromatic N) is 3. The number of nitrogen functional groups attached to an aromatic ring is 1. The summed E-state index contributed by atoms with van der Waals surface area (Å²) in [5, 5.41) is 3.41. The number of imidazole rings is 1. The molecule has 0 spiro atoms. The van der Waals surface area contributed by atoms with Gasteiger partial charge in [0.1, 0.15) is 11.3 Å². The zero-order valence-corrected chi connectivity index (χ0v) is 18.5. The molecule has 0 atom stereocenters. The highest BCUT2D eigenvalue weighted by Gasteiger charge is 2.21. The Bertz CT molecular complexity index is 1050. The molecule has 3 heterocycles. The molecule has 0 saturated heterocycles. The van der Waals surface area contributed by atoms with Gasteiger partial charge in [0.15, 0.2) is 17.3 Å². The summed E-state index contributed by atoms with van der Waals surface area (Å²) in [5.41, 5.74) is 8.23. The van der Waals surface area contributed by atoms with E-state index in [2.05, 4.69) is 46.7 Å². The number of pyridine rings is 1. The van der Waals surface area contributed by atoms with Gasteiger partial charge in [0, 0.05) is 25.1 Å². The summed E-state index contributed by atoms with van der Waals surface area (Å²) in [7, 11) is 0. The fourth-order valence-electron chi connectivity index (χ4n) is 3.46. The molecular formula is C20H23FIN5O2. The van der Waals surface area contributed by atoms with Crippen molar-refractivity contribution in [1.82, 2.24) is 19.9 Å². The minimum atomic E-state index is -0.597. The second-order valence-electron chi connectivity index (χ2n) is 7.29. The van der Waals surface area contributed by atoms with Crippen LogP contribution < -0.4 is 20.5 Å². The summed E-state index contributed by atoms with van der Waals surface area (Å²) < 4.78 is 28.0. The van der Waals surface area contributed by atoms with Crippen LogP contribution in [0, 0.1) is 9.52 Å². The van der Waals surface area contributed by atoms with Gasteiger partial charge in [-0.05, 0) is 47.2 Å². The lowest BCUT2D eigenvalue weighted by molar-refractivity contribution is 0.173. The van der Waals surface area contributed by atoms with Gasteiger partial charge in [0.25, 0.3) is 0 Å². The predicted molar refractivity (Wildman–Crippen MR) is 118 cm³/mol. The highest BCUT2D eigenvalue weighted by atomic mass is 127. The highest BCUT2D eigenvalue weighted by molar-refractivity contribution is 14.1. The number of rotatable bonds is 7. The Morgan fingerprint density at radius 1 is 1.31 bits per heavy atom. The molecule has 3 N–H and O–H groups in total. The summed E-state index contributed by atoms with van der Waals surface area (Å²) >= 11 is 2.27. The van der Waals surface area contributed by atoms with Gasteiger partial charge < -0.3 is 25.1 Å². The Balaban J connectivity index is 1.69. The van der Waals surface area contributed by atoms with Crippen molar-refractivity contribution in [2.45, 2.75) is 39.3 Å². The van der Waals surface area contributed by atoms with Gasteiger partial charge in [0.2, 0.25) is 12.7 Å². The molecule has 3 aromatic rings. The van der Waals surface area contributed by atoms with Crippen LogP contribution in [0.1, 0.15) is 31.7 Å². The zero-order valence-electron chi connectivity index (χ0n) is 16.3. The Morgan fingerprint density at radius 2 is 2.14 bits per heavy atom. The van der Waals surface area contributed by atoms with Crippen molar-refractivity contribution in [2.75, 3.05) is 19.1 Å². The van der Waals surface area contributed by atoms with Crippen molar-refractivity contribution in [2.24, 2.45) is 0 Å². The molecule has 0 bridgehead atoms. The standard InChI is InChI=1S/C20H23FIN5O2/c1-11(2)24-6-3-7-27-13-9-15(21)25-20(23)18(13)26-16(27)8-12-4-5-14-19(17(12)22)29-10-28-14/h4-5,9,11,24H,3,6-8,10H2,1-2H3,(H2,23,25). The molecule has 0 amide bonds. The lowest BCUT2D eigenvalue weighted by Crippen LogP contribution is -2.24. The third-order valence-electron chi connectivity index (χ3n) is 4.83. The van der Waals surface area contributed by atoms with E-state index in [0.717, 1.165) is 39.4 Å². The second-order valence-corrected chi connectivity index (χ2v) is 8.37. The van der Waals surface area contributed by atoms with E-state index >= 15 is 0 Å². The van der Waals surface area contributed by atoms with Crippen LogP contribution in [0.3, 0.4) is 0 Å². The Labute approximate surface area is 181 Å². The van der Waals surface area contributed by atoms with E-state index in [1.54, 1.807) is 0 Å². The molecule has 154 valence electrons. The van der Waals surface area contributed by atoms with Crippen LogP contribution in [0.4, 0.5) is 10.2 Å². The minimum Gasteiger partial charge on any atom is -0.454 e. The van der Waals surface area contributed by atoms with Gasteiger partial charge in [-0.25, -0.2) is 9.97 Å². The fourth-order valence-corrected chi connectivity index (χ4v) is 4.25. The van der Waals surface area contributed by atoms with Gasteiger partial charge in [0.05, 0.1) is 9.09 Å². The van der Waals surface area contributed by atoms with E-state index < -0.39 is 5.95 Å². The van der Waals surface area contributed by atoms with Crippen LogP contribution in [0.2, 0.25) is 0 Å². The smallest absolute Gasteiger partial charge is 0.231 e. The lowest BCUT2D eigenvalue weighted by Gasteiger charge is -2.12. The molecule has 4 rings (SSSR count). The first-order valence-corrected chi connectivity index (χ1v) is 10.6. The SMILES string of the molecule is CC(C)NCCCn1c(Cc2ccc3c(c2I)OCO3)nc2c(N)nc(F)cc21. The Kier molecular flexibility index (Phi) is 5.77. The number of halogens is 2. The van der Waals surface area contributed by atoms with Crippen LogP contribution in [0.5, 0.6) is 11.5 Å². The van der Waals surface area contributed by atoms with Crippen molar-refractivity contribution in [3.63, 3.8) is 0 Å². The lowest BCUT2D eigenvalue weighted by atomic mass is 10.1. The summed E-state index contributed by atoms with van der Waals surface area (Å²) in [6, 6.07) is 5.75. The molecule has 0 unspecified atom stereocenters. The van der Waals surface area contributed by atoms with Crippen molar-refractivity contribution in [3.05, 3.63) is 39.1 Å². The molecule has 1 aliphatic rings. The number of nitrogens with two attached hydrogens (primary N) is 1. The third kappa shape index (κ3) is 4.11. The van der Waals surface area contributed by atoms with Crippen molar-refractivity contribution < 1.29 is 13.9 Å². The number of hydrogen-bond donors (Lipinski definition) is 2. The molecule has 1 aromatic carbocycles. The molecular weight excluding hydrogens is 488 g/mol. The molecule has 0 saturated carbocycles. The van der Waals surface area contributed by atoms with Crippen LogP contribution in [0.25, 0.3) is 11.0 Å². The largest absolute Gasteiger partial charge is 0.454 e. The average Bonchev–Trinajstić information content (AvgIpc) is 3.27. The summed E-state index contributed by atoms with van der Waals surface area (Å²) in [5.74, 6) is 1.85. The maximum atomic E-state index is 13.9. The summed E-state index contributed by atoms with van der Waals surface area (Å²) in [6.07, 6.45) is 1.46. The number of ether oxygens (including phenoxy) is 2. The molecule has 29 heavy (non-hydrogen) atoms. The molecule has 7 nitrogen and oxygen atoms in total. The zero-order chi connectivity index (χ0) is 20.5. The summed E-state index contributed by atoms with van der Waals surface area (Å²) in [4.78, 5) is 8.44. The number of fused-ring (bicyclic) bond motifs is 2. The van der Waals surface area contributed by atoms with Gasteiger partial charge >= 0.3 is 0 Å². The molecule has 1 aliphatic heterocycles. The van der Waals surface area contributed by atoms with Crippen LogP contribution in [-0.4, -0.2) is 33.9 Å². The van der Waals surface area contributed by atoms with Crippen molar-refractivity contribution in [1.29, 1.82) is 0 Å². The quantitative estimate of drug-likeness (QED) is 0.287. The van der Waals surface area contributed by atoms with E-state index in [1.165, 1.54) is 6.07 Å². The first-order valence-electron chi connectivity index (χ1n) is 9.55. The average molecular weight is 511 g/mol. The van der Waals surface area contributed by atoms with Crippen LogP contribution in [0.15, 0.2) is 18.2 Å². The second kappa shape index (κ2) is 8.31. The number of anilines is 1. The van der Waals surface area contributed by atoms with Crippen molar-refractivity contribution >= 4 is 39.4 Å². The monoisotopic (exact) mass is 511 g/mol. The first kappa shape index (κ1) is 20.1. The topological polar surface area (TPSA) is 87.2 Å². The molecule has 0 fully saturated rings. The van der Waals surface area contributed by atoms with Gasteiger partial charge in [-0.15, -0.1) is 0 Å². The summed E-state index contributed by atoms with van der Waals surface area (Å²) in [6.45, 7) is 6.03. The van der Waals surface area contributed by atoms with Gasteiger partial charge in [-0.2, -0.15) is 4.39 Å². The number of benzene rings is 1. The first-order chi connectivity index (χ1) is 13.9. The molecule has 0 radical (unpaired) electrons. The Morgan fingerprint density at radius 3 is 2.93 bits per heavy atom. The van der Waals surface area contributed by atoms with Gasteiger partial charge in [-0.3, -0.25) is 0 Å². The molecule has 2 aromatic heterocycles. The highest BCUT2D eigenvalue weighted by Crippen LogP contribution is 2.39. The van der Waals surface area contributed by atoms with Crippen LogP contribution in [-0.2, 0) is 13.0 Å². The predicted octanol–water partition coefficient (Wildman–Crippen LogP) is 3.46. The third-order valence-corrected chi connectivity index (χ3v) is 6.01. The maximum absolute atomic E-state index is 13.9. The number of aromatic nitrogens is 3. The number of aryl methyl sites for hydroxylation is 1. The fraction of sp³-hybridized carbons (Fsp3) is 0.400. The van der Waals surface area contributed by atoms with Gasteiger partial charge in [-0.1, -0.05) is 19.9 Å². The normalized spacial score (nSPS) is 13.0. The van der Waals surface area contributed by atoms with E-state index in [0.29, 0.717) is 30.0 Å². The van der Waals surface area contributed by atoms with Crippen molar-refractivity contribution in [3.8, 4) is 11.5 Å². The van der Waals surface area contributed by atoms with E-state index in [-0.39, 0.29) is 12.6 Å². The number of hydrogen-bond acceptors (Lipinski definition) is 6. The Hall–Kier alpha value is -2.14.